The van der Waals surface area contributed by atoms with Crippen LogP contribution in [0.3, 0.4) is 0 Å². The topological polar surface area (TPSA) is 27.7 Å². The lowest BCUT2D eigenvalue weighted by Gasteiger charge is -2.47. The maximum atomic E-state index is 6.91. The Morgan fingerprint density at radius 1 is 0.630 bits per heavy atom. The number of rotatable bonds is 4. The first-order valence-corrected chi connectivity index (χ1v) is 11.8. The maximum Gasteiger partial charge on any atom is 0.198 e. The van der Waals surface area contributed by atoms with E-state index < -0.39 is 11.6 Å². The van der Waals surface area contributed by atoms with Crippen LogP contribution in [0.5, 0.6) is 0 Å². The largest absolute Gasteiger partial charge is 0.346 e. The average molecular weight is 590 g/mol. The van der Waals surface area contributed by atoms with E-state index in [4.69, 9.17) is 14.2 Å². The van der Waals surface area contributed by atoms with Gasteiger partial charge in [0.05, 0.1) is 13.2 Å². The van der Waals surface area contributed by atoms with Crippen LogP contribution in [0.1, 0.15) is 49.7 Å². The summed E-state index contributed by atoms with van der Waals surface area (Å²) in [6.07, 6.45) is 6.04. The number of hydrogen-bond acceptors (Lipinski definition) is 3. The fourth-order valence-electron chi connectivity index (χ4n) is 3.95. The second kappa shape index (κ2) is 8.65. The first-order chi connectivity index (χ1) is 13.1. The molecule has 2 aromatic carbocycles. The van der Waals surface area contributed by atoms with Crippen LogP contribution in [0.25, 0.3) is 0 Å². The Labute approximate surface area is 188 Å². The minimum Gasteiger partial charge on any atom is -0.346 e. The first kappa shape index (κ1) is 20.1. The highest BCUT2D eigenvalue weighted by Crippen LogP contribution is 2.47. The van der Waals surface area contributed by atoms with E-state index in [0.29, 0.717) is 0 Å². The van der Waals surface area contributed by atoms with Gasteiger partial charge in [-0.1, -0.05) is 24.3 Å². The van der Waals surface area contributed by atoms with Crippen LogP contribution in [0.4, 0.5) is 0 Å². The van der Waals surface area contributed by atoms with Crippen LogP contribution < -0.4 is 0 Å². The van der Waals surface area contributed by atoms with E-state index in [-0.39, 0.29) is 0 Å². The molecule has 2 unspecified atom stereocenters. The predicted molar refractivity (Wildman–Crippen MR) is 122 cm³/mol. The molecular weight excluding hydrogens is 566 g/mol. The number of ether oxygens (including phenoxy) is 3. The van der Waals surface area contributed by atoms with Gasteiger partial charge < -0.3 is 14.2 Å². The number of halogens is 2. The molecule has 2 saturated heterocycles. The van der Waals surface area contributed by atoms with Crippen LogP contribution in [-0.4, -0.2) is 13.2 Å². The Kier molecular flexibility index (Phi) is 6.43. The molecule has 0 aliphatic carbocycles. The molecule has 0 amide bonds. The summed E-state index contributed by atoms with van der Waals surface area (Å²) in [6.45, 7) is 1.43. The molecule has 2 aromatic rings. The SMILES string of the molecule is Ic1ccc(C2(OC3(c4ccc(I)cc4)CCCCO3)CCCCO2)cc1. The molecule has 0 saturated carbocycles. The van der Waals surface area contributed by atoms with Gasteiger partial charge in [-0.05, 0) is 95.1 Å². The van der Waals surface area contributed by atoms with Crippen molar-refractivity contribution in [2.24, 2.45) is 0 Å². The first-order valence-electron chi connectivity index (χ1n) is 9.62. The third kappa shape index (κ3) is 4.37. The van der Waals surface area contributed by atoms with Crippen molar-refractivity contribution in [3.8, 4) is 0 Å². The number of hydrogen-bond donors (Lipinski definition) is 0. The molecule has 0 aromatic heterocycles. The fraction of sp³-hybridized carbons (Fsp3) is 0.455. The van der Waals surface area contributed by atoms with E-state index in [2.05, 4.69) is 93.7 Å². The van der Waals surface area contributed by atoms with Crippen LogP contribution in [0, 0.1) is 7.14 Å². The van der Waals surface area contributed by atoms with E-state index in [9.17, 15) is 0 Å². The van der Waals surface area contributed by atoms with Crippen molar-refractivity contribution in [3.63, 3.8) is 0 Å². The molecule has 0 spiro atoms. The fourth-order valence-corrected chi connectivity index (χ4v) is 4.67. The molecule has 0 N–H and O–H groups in total. The maximum absolute atomic E-state index is 6.91. The van der Waals surface area contributed by atoms with Crippen molar-refractivity contribution in [3.05, 3.63) is 66.8 Å². The lowest BCUT2D eigenvalue weighted by atomic mass is 9.93. The summed E-state index contributed by atoms with van der Waals surface area (Å²) in [5.74, 6) is -1.49. The molecule has 2 heterocycles. The highest BCUT2D eigenvalue weighted by molar-refractivity contribution is 14.1. The predicted octanol–water partition coefficient (Wildman–Crippen LogP) is 6.32. The summed E-state index contributed by atoms with van der Waals surface area (Å²) < 4.78 is 22.1. The minimum atomic E-state index is -0.747. The van der Waals surface area contributed by atoms with Crippen LogP contribution in [-0.2, 0) is 25.8 Å². The van der Waals surface area contributed by atoms with Gasteiger partial charge in [-0.3, -0.25) is 0 Å². The highest BCUT2D eigenvalue weighted by atomic mass is 127. The Hall–Kier alpha value is -0.220. The molecule has 27 heavy (non-hydrogen) atoms. The molecule has 3 nitrogen and oxygen atoms in total. The van der Waals surface area contributed by atoms with Gasteiger partial charge in [0.25, 0.3) is 0 Å². The summed E-state index contributed by atoms with van der Waals surface area (Å²) in [5.41, 5.74) is 2.17. The van der Waals surface area contributed by atoms with Crippen LogP contribution >= 0.6 is 45.2 Å². The smallest absolute Gasteiger partial charge is 0.198 e. The zero-order valence-electron chi connectivity index (χ0n) is 15.3. The van der Waals surface area contributed by atoms with Gasteiger partial charge in [-0.2, -0.15) is 0 Å². The minimum absolute atomic E-state index is 0.717. The van der Waals surface area contributed by atoms with E-state index in [1.54, 1.807) is 0 Å². The van der Waals surface area contributed by atoms with E-state index in [1.807, 2.05) is 0 Å². The molecule has 144 valence electrons. The Morgan fingerprint density at radius 3 is 1.37 bits per heavy atom. The lowest BCUT2D eigenvalue weighted by molar-refractivity contribution is -0.392. The van der Waals surface area contributed by atoms with Gasteiger partial charge in [0.1, 0.15) is 0 Å². The molecule has 2 fully saturated rings. The molecule has 5 heteroatoms. The Balaban J connectivity index is 1.74. The third-order valence-corrected chi connectivity index (χ3v) is 6.81. The summed E-state index contributed by atoms with van der Waals surface area (Å²) in [7, 11) is 0. The van der Waals surface area contributed by atoms with Crippen LogP contribution in [0.2, 0.25) is 0 Å². The zero-order valence-corrected chi connectivity index (χ0v) is 19.6. The molecule has 0 bridgehead atoms. The monoisotopic (exact) mass is 590 g/mol. The molecule has 4 rings (SSSR count). The highest BCUT2D eigenvalue weighted by Gasteiger charge is 2.47. The lowest BCUT2D eigenvalue weighted by Crippen LogP contribution is -2.47. The van der Waals surface area contributed by atoms with Gasteiger partial charge in [0.2, 0.25) is 0 Å². The van der Waals surface area contributed by atoms with Gasteiger partial charge in [-0.15, -0.1) is 0 Å². The standard InChI is InChI=1S/C22H24I2O3/c23-19-9-5-17(6-10-19)21(13-1-3-15-25-21)27-22(14-2-4-16-26-22)18-7-11-20(24)12-8-18/h5-12H,1-4,13-16H2. The van der Waals surface area contributed by atoms with Crippen molar-refractivity contribution in [1.29, 1.82) is 0 Å². The van der Waals surface area contributed by atoms with Crippen molar-refractivity contribution >= 4 is 45.2 Å². The summed E-state index contributed by atoms with van der Waals surface area (Å²) >= 11 is 4.67. The van der Waals surface area contributed by atoms with Crippen molar-refractivity contribution in [2.45, 2.75) is 50.1 Å². The second-order valence-corrected chi connectivity index (χ2v) is 9.72. The van der Waals surface area contributed by atoms with Crippen molar-refractivity contribution < 1.29 is 14.2 Å². The second-order valence-electron chi connectivity index (χ2n) is 7.23. The molecule has 0 radical (unpaired) electrons. The van der Waals surface area contributed by atoms with Gasteiger partial charge in [-0.25, -0.2) is 0 Å². The van der Waals surface area contributed by atoms with Crippen molar-refractivity contribution in [2.75, 3.05) is 13.2 Å². The average Bonchev–Trinajstić information content (AvgIpc) is 2.70. The normalized spacial score (nSPS) is 28.8. The molecule has 2 aliphatic rings. The quantitative estimate of drug-likeness (QED) is 0.391. The van der Waals surface area contributed by atoms with Crippen molar-refractivity contribution in [1.82, 2.24) is 0 Å². The summed E-state index contributed by atoms with van der Waals surface area (Å²) in [5, 5.41) is 0. The van der Waals surface area contributed by atoms with Gasteiger partial charge in [0.15, 0.2) is 11.6 Å². The van der Waals surface area contributed by atoms with Gasteiger partial charge >= 0.3 is 0 Å². The Morgan fingerprint density at radius 2 is 1.04 bits per heavy atom. The van der Waals surface area contributed by atoms with E-state index in [1.165, 1.54) is 7.14 Å². The van der Waals surface area contributed by atoms with Crippen LogP contribution in [0.15, 0.2) is 48.5 Å². The zero-order chi connectivity index (χ0) is 18.7. The van der Waals surface area contributed by atoms with E-state index in [0.717, 1.165) is 62.9 Å². The molecular formula is C22H24I2O3. The summed E-state index contributed by atoms with van der Waals surface area (Å²) in [6, 6.07) is 17.0. The summed E-state index contributed by atoms with van der Waals surface area (Å²) in [4.78, 5) is 0. The molecule has 2 aliphatic heterocycles. The third-order valence-electron chi connectivity index (χ3n) is 5.37. The number of benzene rings is 2. The Bertz CT molecular complexity index is 681. The van der Waals surface area contributed by atoms with E-state index >= 15 is 0 Å². The van der Waals surface area contributed by atoms with Gasteiger partial charge in [0, 0.05) is 31.1 Å². The molecule has 2 atom stereocenters.